The maximum atomic E-state index is 9.75. The third-order valence-electron chi connectivity index (χ3n) is 2.65. The number of halogens is 1. The maximum Gasteiger partial charge on any atom is 0.221 e. The van der Waals surface area contributed by atoms with Crippen LogP contribution in [0.25, 0.3) is 0 Å². The number of ether oxygens (including phenoxy) is 2. The molecule has 0 radical (unpaired) electrons. The van der Waals surface area contributed by atoms with E-state index < -0.39 is 50.0 Å². The van der Waals surface area contributed by atoms with Gasteiger partial charge in [0, 0.05) is 0 Å². The minimum absolute atomic E-state index is 0.0752. The zero-order chi connectivity index (χ0) is 13.1. The molecule has 8 heteroatoms. The van der Waals surface area contributed by atoms with Crippen LogP contribution in [0.3, 0.4) is 0 Å². The number of rotatable bonds is 6. The fourth-order valence-corrected chi connectivity index (χ4v) is 1.83. The molecule has 0 saturated carbocycles. The van der Waals surface area contributed by atoms with Crippen LogP contribution in [0.1, 0.15) is 0 Å². The minimum Gasteiger partial charge on any atom is -0.394 e. The average Bonchev–Trinajstić information content (AvgIpc) is 2.61. The predicted octanol–water partition coefficient (Wildman–Crippen LogP) is -2.60. The van der Waals surface area contributed by atoms with Crippen molar-refractivity contribution in [1.29, 1.82) is 0 Å². The van der Waals surface area contributed by atoms with Crippen molar-refractivity contribution in [2.45, 2.75) is 30.2 Å². The molecule has 1 fully saturated rings. The van der Waals surface area contributed by atoms with Crippen LogP contribution in [0.15, 0.2) is 0 Å². The number of hydrogen-bond donors (Lipinski definition) is 5. The zero-order valence-electron chi connectivity index (χ0n) is 9.07. The molecule has 7 nitrogen and oxygen atoms in total. The minimum atomic E-state index is -1.88. The van der Waals surface area contributed by atoms with E-state index in [0.717, 1.165) is 0 Å². The molecule has 1 saturated heterocycles. The van der Waals surface area contributed by atoms with E-state index in [1.807, 2.05) is 0 Å². The van der Waals surface area contributed by atoms with E-state index >= 15 is 0 Å². The van der Waals surface area contributed by atoms with Gasteiger partial charge in [-0.15, -0.1) is 11.6 Å². The average molecular weight is 273 g/mol. The van der Waals surface area contributed by atoms with Gasteiger partial charge >= 0.3 is 0 Å². The topological polar surface area (TPSA) is 120 Å². The first-order valence-electron chi connectivity index (χ1n) is 5.15. The van der Waals surface area contributed by atoms with Gasteiger partial charge in [-0.3, -0.25) is 0 Å². The van der Waals surface area contributed by atoms with Gasteiger partial charge in [0.05, 0.1) is 25.2 Å². The maximum absolute atomic E-state index is 9.75. The predicted molar refractivity (Wildman–Crippen MR) is 56.5 cm³/mol. The number of hydrogen-bond acceptors (Lipinski definition) is 7. The molecule has 17 heavy (non-hydrogen) atoms. The van der Waals surface area contributed by atoms with E-state index in [-0.39, 0.29) is 5.88 Å². The highest BCUT2D eigenvalue weighted by molar-refractivity contribution is 6.18. The molecule has 0 aromatic rings. The first-order chi connectivity index (χ1) is 8.04. The Morgan fingerprint density at radius 2 is 1.94 bits per heavy atom. The van der Waals surface area contributed by atoms with Crippen molar-refractivity contribution in [3.8, 4) is 0 Å². The van der Waals surface area contributed by atoms with Crippen LogP contribution in [0.2, 0.25) is 0 Å². The standard InChI is InChI=1S/C9H17ClO7/c10-1-5(2-11)16-9(4-13)8(15)7(14)6(3-12)17-9/h5-8,11-15H,1-4H2/t5?,6-,7-,8+,9-/m1/s1. The Balaban J connectivity index is 2.81. The van der Waals surface area contributed by atoms with E-state index in [1.165, 1.54) is 0 Å². The van der Waals surface area contributed by atoms with Crippen molar-refractivity contribution < 1.29 is 35.0 Å². The lowest BCUT2D eigenvalue weighted by Crippen LogP contribution is -2.51. The zero-order valence-corrected chi connectivity index (χ0v) is 9.82. The SMILES string of the molecule is OCC(CCl)O[C@]1(CO)O[C@H](CO)[C@@H](O)[C@@H]1O. The quantitative estimate of drug-likeness (QED) is 0.337. The van der Waals surface area contributed by atoms with Gasteiger partial charge < -0.3 is 35.0 Å². The van der Waals surface area contributed by atoms with Gasteiger partial charge in [0.1, 0.15) is 24.9 Å². The summed E-state index contributed by atoms with van der Waals surface area (Å²) in [6.45, 7) is -1.70. The molecule has 0 spiro atoms. The van der Waals surface area contributed by atoms with Crippen LogP contribution in [0.5, 0.6) is 0 Å². The van der Waals surface area contributed by atoms with E-state index in [2.05, 4.69) is 0 Å². The normalized spacial score (nSPS) is 39.5. The molecule has 1 aliphatic heterocycles. The van der Waals surface area contributed by atoms with Crippen molar-refractivity contribution in [2.24, 2.45) is 0 Å². The molecular weight excluding hydrogens is 256 g/mol. The van der Waals surface area contributed by atoms with Gasteiger partial charge in [0.2, 0.25) is 5.79 Å². The molecule has 1 rings (SSSR count). The lowest BCUT2D eigenvalue weighted by Gasteiger charge is -2.32. The van der Waals surface area contributed by atoms with Gasteiger partial charge in [0.15, 0.2) is 0 Å². The van der Waals surface area contributed by atoms with E-state index in [4.69, 9.17) is 31.3 Å². The second-order valence-electron chi connectivity index (χ2n) is 3.82. The first kappa shape index (κ1) is 15.1. The van der Waals surface area contributed by atoms with Gasteiger partial charge in [-0.1, -0.05) is 0 Å². The van der Waals surface area contributed by atoms with E-state index in [1.54, 1.807) is 0 Å². The van der Waals surface area contributed by atoms with Crippen molar-refractivity contribution in [3.63, 3.8) is 0 Å². The summed E-state index contributed by atoms with van der Waals surface area (Å²) in [4.78, 5) is 0. The van der Waals surface area contributed by atoms with Gasteiger partial charge in [-0.2, -0.15) is 0 Å². The summed E-state index contributed by atoms with van der Waals surface area (Å²) < 4.78 is 10.3. The first-order valence-corrected chi connectivity index (χ1v) is 5.68. The van der Waals surface area contributed by atoms with Crippen LogP contribution in [-0.4, -0.2) is 81.4 Å². The Hall–Kier alpha value is 0.01000. The second kappa shape index (κ2) is 6.26. The molecular formula is C9H17ClO7. The van der Waals surface area contributed by atoms with Gasteiger partial charge in [-0.25, -0.2) is 0 Å². The molecule has 5 N–H and O–H groups in total. The lowest BCUT2D eigenvalue weighted by atomic mass is 10.1. The van der Waals surface area contributed by atoms with Crippen molar-refractivity contribution in [2.75, 3.05) is 25.7 Å². The third-order valence-corrected chi connectivity index (χ3v) is 2.99. The van der Waals surface area contributed by atoms with Crippen molar-refractivity contribution in [1.82, 2.24) is 0 Å². The monoisotopic (exact) mass is 272 g/mol. The largest absolute Gasteiger partial charge is 0.394 e. The summed E-state index contributed by atoms with van der Waals surface area (Å²) in [6.07, 6.45) is -4.85. The third kappa shape index (κ3) is 2.88. The van der Waals surface area contributed by atoms with Crippen molar-refractivity contribution >= 4 is 11.6 Å². The highest BCUT2D eigenvalue weighted by Crippen LogP contribution is 2.33. The van der Waals surface area contributed by atoms with Crippen LogP contribution in [-0.2, 0) is 9.47 Å². The molecule has 0 aliphatic carbocycles. The summed E-state index contributed by atoms with van der Waals surface area (Å²) in [5, 5.41) is 46.4. The highest BCUT2D eigenvalue weighted by atomic mass is 35.5. The highest BCUT2D eigenvalue weighted by Gasteiger charge is 2.55. The number of aliphatic hydroxyl groups excluding tert-OH is 5. The molecule has 1 heterocycles. The molecule has 5 atom stereocenters. The number of alkyl halides is 1. The van der Waals surface area contributed by atoms with E-state index in [0.29, 0.717) is 0 Å². The van der Waals surface area contributed by atoms with Gasteiger partial charge in [0.25, 0.3) is 0 Å². The van der Waals surface area contributed by atoms with Crippen LogP contribution < -0.4 is 0 Å². The van der Waals surface area contributed by atoms with E-state index in [9.17, 15) is 15.3 Å². The summed E-state index contributed by atoms with van der Waals surface area (Å²) >= 11 is 5.50. The molecule has 0 bridgehead atoms. The Morgan fingerprint density at radius 3 is 2.29 bits per heavy atom. The summed E-state index contributed by atoms with van der Waals surface area (Å²) in [5.41, 5.74) is 0. The molecule has 0 aromatic carbocycles. The molecule has 1 aliphatic rings. The molecule has 0 aromatic heterocycles. The fraction of sp³-hybridized carbons (Fsp3) is 1.00. The fourth-order valence-electron chi connectivity index (χ4n) is 1.67. The lowest BCUT2D eigenvalue weighted by molar-refractivity contribution is -0.294. The van der Waals surface area contributed by atoms with Crippen LogP contribution in [0, 0.1) is 0 Å². The molecule has 0 amide bonds. The Bertz CT molecular complexity index is 237. The summed E-state index contributed by atoms with van der Waals surface area (Å²) in [7, 11) is 0. The Labute approximate surface area is 103 Å². The number of aliphatic hydroxyl groups is 5. The van der Waals surface area contributed by atoms with Crippen LogP contribution >= 0.6 is 11.6 Å². The Morgan fingerprint density at radius 1 is 1.29 bits per heavy atom. The Kier molecular flexibility index (Phi) is 5.55. The molecule has 102 valence electrons. The summed E-state index contributed by atoms with van der Waals surface area (Å²) in [5.74, 6) is -1.96. The smallest absolute Gasteiger partial charge is 0.221 e. The second-order valence-corrected chi connectivity index (χ2v) is 4.13. The summed E-state index contributed by atoms with van der Waals surface area (Å²) in [6, 6.07) is 0. The molecule has 1 unspecified atom stereocenters. The van der Waals surface area contributed by atoms with Crippen molar-refractivity contribution in [3.05, 3.63) is 0 Å². The van der Waals surface area contributed by atoms with Crippen LogP contribution in [0.4, 0.5) is 0 Å². The van der Waals surface area contributed by atoms with Gasteiger partial charge in [-0.05, 0) is 0 Å².